The van der Waals surface area contributed by atoms with Crippen LogP contribution in [0.15, 0.2) is 0 Å². The Kier molecular flexibility index (Phi) is 2.20. The quantitative estimate of drug-likeness (QED) is 0.690. The van der Waals surface area contributed by atoms with Crippen LogP contribution in [0.3, 0.4) is 0 Å². The highest BCUT2D eigenvalue weighted by Crippen LogP contribution is 2.21. The molecule has 0 aliphatic carbocycles. The first kappa shape index (κ1) is 10.2. The minimum atomic E-state index is -0.948. The van der Waals surface area contributed by atoms with E-state index in [4.69, 9.17) is 0 Å². The highest BCUT2D eigenvalue weighted by Gasteiger charge is 2.25. The van der Waals surface area contributed by atoms with E-state index in [2.05, 4.69) is 15.2 Å². The van der Waals surface area contributed by atoms with E-state index in [-0.39, 0.29) is 5.41 Å². The predicted molar refractivity (Wildman–Crippen MR) is 50.3 cm³/mol. The van der Waals surface area contributed by atoms with Crippen molar-refractivity contribution >= 4 is 0 Å². The van der Waals surface area contributed by atoms with Gasteiger partial charge in [-0.1, -0.05) is 20.8 Å². The van der Waals surface area contributed by atoms with Gasteiger partial charge in [0.2, 0.25) is 0 Å². The fourth-order valence-electron chi connectivity index (χ4n) is 0.871. The highest BCUT2D eigenvalue weighted by atomic mass is 16.3. The molecule has 1 heterocycles. The van der Waals surface area contributed by atoms with Crippen LogP contribution in [0, 0.1) is 0 Å². The van der Waals surface area contributed by atoms with E-state index in [0.29, 0.717) is 5.82 Å². The van der Waals surface area contributed by atoms with Crippen LogP contribution in [0.1, 0.15) is 46.3 Å². The molecule has 1 rings (SSSR count). The maximum Gasteiger partial charge on any atom is 0.156 e. The van der Waals surface area contributed by atoms with Crippen LogP contribution in [0.5, 0.6) is 0 Å². The molecule has 0 amide bonds. The zero-order valence-electron chi connectivity index (χ0n) is 8.84. The Labute approximate surface area is 78.4 Å². The summed E-state index contributed by atoms with van der Waals surface area (Å²) in [4.78, 5) is 4.24. The molecule has 2 N–H and O–H groups in total. The SMILES string of the molecule is CC(C)(C)c1n[nH]c(C(C)(C)O)n1. The maximum absolute atomic E-state index is 9.63. The van der Waals surface area contributed by atoms with E-state index in [9.17, 15) is 5.11 Å². The van der Waals surface area contributed by atoms with E-state index in [1.54, 1.807) is 13.8 Å². The summed E-state index contributed by atoms with van der Waals surface area (Å²) < 4.78 is 0. The zero-order valence-corrected chi connectivity index (χ0v) is 8.84. The zero-order chi connectivity index (χ0) is 10.3. The van der Waals surface area contributed by atoms with Crippen LogP contribution in [-0.2, 0) is 11.0 Å². The van der Waals surface area contributed by atoms with Gasteiger partial charge in [-0.25, -0.2) is 4.98 Å². The molecule has 1 aromatic heterocycles. The summed E-state index contributed by atoms with van der Waals surface area (Å²) in [6.07, 6.45) is 0. The van der Waals surface area contributed by atoms with E-state index in [1.807, 2.05) is 20.8 Å². The number of aromatic nitrogens is 3. The first-order valence-electron chi connectivity index (χ1n) is 4.37. The molecule has 1 aromatic rings. The molecule has 74 valence electrons. The van der Waals surface area contributed by atoms with Gasteiger partial charge in [-0.05, 0) is 13.8 Å². The van der Waals surface area contributed by atoms with Gasteiger partial charge in [0.1, 0.15) is 5.60 Å². The Morgan fingerprint density at radius 1 is 1.15 bits per heavy atom. The predicted octanol–water partition coefficient (Wildman–Crippen LogP) is 1.33. The lowest BCUT2D eigenvalue weighted by molar-refractivity contribution is 0.0690. The first-order chi connectivity index (χ1) is 5.71. The summed E-state index contributed by atoms with van der Waals surface area (Å²) in [5.41, 5.74) is -1.03. The molecule has 0 aliphatic rings. The van der Waals surface area contributed by atoms with Crippen LogP contribution in [0.4, 0.5) is 0 Å². The lowest BCUT2D eigenvalue weighted by atomic mass is 9.96. The van der Waals surface area contributed by atoms with Crippen molar-refractivity contribution in [3.05, 3.63) is 11.6 Å². The number of nitrogens with one attached hydrogen (secondary N) is 1. The second kappa shape index (κ2) is 2.80. The molecule has 0 saturated carbocycles. The van der Waals surface area contributed by atoms with Crippen molar-refractivity contribution in [3.8, 4) is 0 Å². The van der Waals surface area contributed by atoms with Gasteiger partial charge in [-0.2, -0.15) is 5.10 Å². The average molecular weight is 183 g/mol. The van der Waals surface area contributed by atoms with Gasteiger partial charge in [-0.15, -0.1) is 0 Å². The second-order valence-electron chi connectivity index (χ2n) is 4.82. The fourth-order valence-corrected chi connectivity index (χ4v) is 0.871. The summed E-state index contributed by atoms with van der Waals surface area (Å²) in [5, 5.41) is 16.4. The third-order valence-corrected chi connectivity index (χ3v) is 1.74. The Bertz CT molecular complexity index is 262. The Morgan fingerprint density at radius 2 is 1.69 bits per heavy atom. The number of aromatic amines is 1. The normalized spacial score (nSPS) is 13.4. The number of H-pyrrole nitrogens is 1. The maximum atomic E-state index is 9.63. The van der Waals surface area contributed by atoms with Crippen LogP contribution < -0.4 is 0 Å². The number of rotatable bonds is 1. The van der Waals surface area contributed by atoms with Crippen molar-refractivity contribution in [1.82, 2.24) is 15.2 Å². The molecule has 4 heteroatoms. The van der Waals surface area contributed by atoms with Gasteiger partial charge >= 0.3 is 0 Å². The van der Waals surface area contributed by atoms with Gasteiger partial charge in [0.05, 0.1) is 0 Å². The lowest BCUT2D eigenvalue weighted by Gasteiger charge is -2.14. The number of nitrogens with zero attached hydrogens (tertiary/aromatic N) is 2. The standard InChI is InChI=1S/C9H17N3O/c1-8(2,3)6-10-7(12-11-6)9(4,5)13/h13H,1-5H3,(H,10,11,12). The Hall–Kier alpha value is -0.900. The molecular formula is C9H17N3O. The first-order valence-corrected chi connectivity index (χ1v) is 4.37. The molecule has 0 atom stereocenters. The monoisotopic (exact) mass is 183 g/mol. The molecule has 0 bridgehead atoms. The molecule has 0 spiro atoms. The van der Waals surface area contributed by atoms with E-state index in [1.165, 1.54) is 0 Å². The van der Waals surface area contributed by atoms with Gasteiger partial charge < -0.3 is 5.11 Å². The van der Waals surface area contributed by atoms with Crippen LogP contribution >= 0.6 is 0 Å². The van der Waals surface area contributed by atoms with Gasteiger partial charge in [0.25, 0.3) is 0 Å². The van der Waals surface area contributed by atoms with Crippen molar-refractivity contribution in [2.75, 3.05) is 0 Å². The molecule has 0 saturated heterocycles. The van der Waals surface area contributed by atoms with Gasteiger partial charge in [-0.3, -0.25) is 5.10 Å². The van der Waals surface area contributed by atoms with Crippen molar-refractivity contribution in [2.24, 2.45) is 0 Å². The van der Waals surface area contributed by atoms with Crippen LogP contribution in [-0.4, -0.2) is 20.3 Å². The minimum Gasteiger partial charge on any atom is -0.382 e. The van der Waals surface area contributed by atoms with Crippen molar-refractivity contribution in [1.29, 1.82) is 0 Å². The van der Waals surface area contributed by atoms with Crippen LogP contribution in [0.2, 0.25) is 0 Å². The Morgan fingerprint density at radius 3 is 1.92 bits per heavy atom. The molecule has 0 unspecified atom stereocenters. The molecule has 13 heavy (non-hydrogen) atoms. The number of hydrogen-bond acceptors (Lipinski definition) is 3. The third kappa shape index (κ3) is 2.28. The van der Waals surface area contributed by atoms with E-state index in [0.717, 1.165) is 5.82 Å². The molecule has 0 fully saturated rings. The molecule has 0 aromatic carbocycles. The minimum absolute atomic E-state index is 0.0833. The summed E-state index contributed by atoms with van der Waals surface area (Å²) in [6.45, 7) is 9.46. The molecule has 0 radical (unpaired) electrons. The third-order valence-electron chi connectivity index (χ3n) is 1.74. The smallest absolute Gasteiger partial charge is 0.156 e. The van der Waals surface area contributed by atoms with E-state index >= 15 is 0 Å². The average Bonchev–Trinajstić information content (AvgIpc) is 2.28. The second-order valence-corrected chi connectivity index (χ2v) is 4.82. The lowest BCUT2D eigenvalue weighted by Crippen LogP contribution is -2.18. The van der Waals surface area contributed by atoms with Gasteiger partial charge in [0, 0.05) is 5.41 Å². The topological polar surface area (TPSA) is 61.8 Å². The summed E-state index contributed by atoms with van der Waals surface area (Å²) in [6, 6.07) is 0. The van der Waals surface area contributed by atoms with E-state index < -0.39 is 5.60 Å². The van der Waals surface area contributed by atoms with Crippen molar-refractivity contribution in [3.63, 3.8) is 0 Å². The molecule has 4 nitrogen and oxygen atoms in total. The summed E-state index contributed by atoms with van der Waals surface area (Å²) in [7, 11) is 0. The fraction of sp³-hybridized carbons (Fsp3) is 0.778. The molecular weight excluding hydrogens is 166 g/mol. The number of aliphatic hydroxyl groups is 1. The van der Waals surface area contributed by atoms with Crippen molar-refractivity contribution < 1.29 is 5.11 Å². The Balaban J connectivity index is 3.01. The largest absolute Gasteiger partial charge is 0.382 e. The molecule has 0 aliphatic heterocycles. The highest BCUT2D eigenvalue weighted by molar-refractivity contribution is 5.05. The number of hydrogen-bond donors (Lipinski definition) is 2. The van der Waals surface area contributed by atoms with Gasteiger partial charge in [0.15, 0.2) is 11.6 Å². The summed E-state index contributed by atoms with van der Waals surface area (Å²) >= 11 is 0. The van der Waals surface area contributed by atoms with Crippen molar-refractivity contribution in [2.45, 2.75) is 45.6 Å². The summed E-state index contributed by atoms with van der Waals surface area (Å²) in [5.74, 6) is 1.24. The van der Waals surface area contributed by atoms with Crippen LogP contribution in [0.25, 0.3) is 0 Å².